The highest BCUT2D eigenvalue weighted by molar-refractivity contribution is 5.49. The van der Waals surface area contributed by atoms with Gasteiger partial charge < -0.3 is 15.0 Å². The maximum Gasteiger partial charge on any atom is 0.238 e. The zero-order valence-corrected chi connectivity index (χ0v) is 11.4. The first-order chi connectivity index (χ1) is 9.19. The molecule has 0 spiro atoms. The van der Waals surface area contributed by atoms with Gasteiger partial charge in [-0.3, -0.25) is 0 Å². The fraction of sp³-hybridized carbons (Fsp3) is 0.286. The Kier molecular flexibility index (Phi) is 4.30. The molecule has 0 saturated heterocycles. The van der Waals surface area contributed by atoms with Gasteiger partial charge in [0.15, 0.2) is 0 Å². The Balaban J connectivity index is 2.10. The summed E-state index contributed by atoms with van der Waals surface area (Å²) in [6.45, 7) is 0.698. The third-order valence-electron chi connectivity index (χ3n) is 2.61. The van der Waals surface area contributed by atoms with E-state index in [4.69, 9.17) is 4.74 Å². The summed E-state index contributed by atoms with van der Waals surface area (Å²) in [5, 5.41) is 11.1. The molecule has 5 nitrogen and oxygen atoms in total. The van der Waals surface area contributed by atoms with Gasteiger partial charge in [0.05, 0.1) is 5.69 Å². The molecule has 1 N–H and O–H groups in total. The van der Waals surface area contributed by atoms with Crippen LogP contribution >= 0.6 is 0 Å². The van der Waals surface area contributed by atoms with Crippen LogP contribution in [0.5, 0.6) is 11.6 Å². The van der Waals surface area contributed by atoms with Crippen molar-refractivity contribution in [3.05, 3.63) is 42.1 Å². The largest absolute Gasteiger partial charge is 0.437 e. The fourth-order valence-electron chi connectivity index (χ4n) is 1.62. The standard InChI is InChI=1S/C14H18N4O/c1-15-10-11-7-8-14(17-16-11)19-13-6-4-5-12(9-13)18(2)3/h4-9,15H,10H2,1-3H3. The molecule has 0 amide bonds. The second-order valence-corrected chi connectivity index (χ2v) is 4.39. The first-order valence-electron chi connectivity index (χ1n) is 6.11. The summed E-state index contributed by atoms with van der Waals surface area (Å²) in [5.41, 5.74) is 1.97. The molecule has 0 fully saturated rings. The number of nitrogens with one attached hydrogen (secondary N) is 1. The number of ether oxygens (including phenoxy) is 1. The summed E-state index contributed by atoms with van der Waals surface area (Å²) in [6.07, 6.45) is 0. The molecule has 0 unspecified atom stereocenters. The molecule has 0 radical (unpaired) electrons. The number of hydrogen-bond acceptors (Lipinski definition) is 5. The fourth-order valence-corrected chi connectivity index (χ4v) is 1.62. The van der Waals surface area contributed by atoms with Crippen molar-refractivity contribution in [1.29, 1.82) is 0 Å². The van der Waals surface area contributed by atoms with Crippen molar-refractivity contribution >= 4 is 5.69 Å². The average molecular weight is 258 g/mol. The van der Waals surface area contributed by atoms with Crippen molar-refractivity contribution in [2.75, 3.05) is 26.0 Å². The van der Waals surface area contributed by atoms with Gasteiger partial charge in [0, 0.05) is 38.5 Å². The van der Waals surface area contributed by atoms with Crippen LogP contribution in [0.15, 0.2) is 36.4 Å². The van der Waals surface area contributed by atoms with Gasteiger partial charge >= 0.3 is 0 Å². The van der Waals surface area contributed by atoms with Crippen molar-refractivity contribution in [1.82, 2.24) is 15.5 Å². The lowest BCUT2D eigenvalue weighted by Crippen LogP contribution is -2.08. The van der Waals surface area contributed by atoms with Crippen LogP contribution in [0.25, 0.3) is 0 Å². The lowest BCUT2D eigenvalue weighted by Gasteiger charge is -2.13. The Bertz CT molecular complexity index is 525. The van der Waals surface area contributed by atoms with Gasteiger partial charge in [-0.05, 0) is 25.2 Å². The molecule has 2 rings (SSSR count). The summed E-state index contributed by atoms with van der Waals surface area (Å²) in [5.74, 6) is 1.25. The molecule has 1 aromatic heterocycles. The van der Waals surface area contributed by atoms with Crippen molar-refractivity contribution in [3.8, 4) is 11.6 Å². The van der Waals surface area contributed by atoms with Crippen molar-refractivity contribution < 1.29 is 4.74 Å². The van der Waals surface area contributed by atoms with E-state index < -0.39 is 0 Å². The molecule has 2 aromatic rings. The van der Waals surface area contributed by atoms with Crippen molar-refractivity contribution in [2.45, 2.75) is 6.54 Å². The SMILES string of the molecule is CNCc1ccc(Oc2cccc(N(C)C)c2)nn1. The maximum absolute atomic E-state index is 5.68. The van der Waals surface area contributed by atoms with Gasteiger partial charge in [-0.15, -0.1) is 5.10 Å². The van der Waals surface area contributed by atoms with Crippen LogP contribution in [-0.2, 0) is 6.54 Å². The zero-order chi connectivity index (χ0) is 13.7. The van der Waals surface area contributed by atoms with E-state index >= 15 is 0 Å². The van der Waals surface area contributed by atoms with Crippen molar-refractivity contribution in [2.24, 2.45) is 0 Å². The molecular weight excluding hydrogens is 240 g/mol. The molecule has 1 heterocycles. The van der Waals surface area contributed by atoms with E-state index in [0.717, 1.165) is 17.1 Å². The minimum atomic E-state index is 0.496. The number of hydrogen-bond donors (Lipinski definition) is 1. The summed E-state index contributed by atoms with van der Waals surface area (Å²) in [4.78, 5) is 2.02. The number of benzene rings is 1. The summed E-state index contributed by atoms with van der Waals surface area (Å²) >= 11 is 0. The van der Waals surface area contributed by atoms with Crippen LogP contribution < -0.4 is 15.0 Å². The number of aromatic nitrogens is 2. The molecule has 0 atom stereocenters. The molecular formula is C14H18N4O. The van der Waals surface area contributed by atoms with Crippen LogP contribution in [0.4, 0.5) is 5.69 Å². The van der Waals surface area contributed by atoms with Gasteiger partial charge in [0.2, 0.25) is 5.88 Å². The van der Waals surface area contributed by atoms with Crippen LogP contribution in [0.3, 0.4) is 0 Å². The molecule has 0 bridgehead atoms. The molecule has 0 aliphatic carbocycles. The molecule has 19 heavy (non-hydrogen) atoms. The van der Waals surface area contributed by atoms with E-state index in [1.165, 1.54) is 0 Å². The topological polar surface area (TPSA) is 50.3 Å². The average Bonchev–Trinajstić information content (AvgIpc) is 2.42. The molecule has 100 valence electrons. The molecule has 0 aliphatic heterocycles. The Morgan fingerprint density at radius 3 is 2.63 bits per heavy atom. The summed E-state index contributed by atoms with van der Waals surface area (Å²) in [7, 11) is 5.86. The smallest absolute Gasteiger partial charge is 0.238 e. The lowest BCUT2D eigenvalue weighted by molar-refractivity contribution is 0.453. The third-order valence-corrected chi connectivity index (χ3v) is 2.61. The number of rotatable bonds is 5. The second-order valence-electron chi connectivity index (χ2n) is 4.39. The molecule has 1 aromatic carbocycles. The lowest BCUT2D eigenvalue weighted by atomic mass is 10.3. The Morgan fingerprint density at radius 2 is 2.00 bits per heavy atom. The van der Waals surface area contributed by atoms with E-state index in [1.807, 2.05) is 62.4 Å². The van der Waals surface area contributed by atoms with Crippen LogP contribution in [0, 0.1) is 0 Å². The summed E-state index contributed by atoms with van der Waals surface area (Å²) < 4.78 is 5.68. The first-order valence-corrected chi connectivity index (χ1v) is 6.11. The third kappa shape index (κ3) is 3.66. The first kappa shape index (κ1) is 13.3. The Hall–Kier alpha value is -2.14. The normalized spacial score (nSPS) is 10.3. The number of nitrogens with zero attached hydrogens (tertiary/aromatic N) is 3. The minimum absolute atomic E-state index is 0.496. The predicted octanol–water partition coefficient (Wildman–Crippen LogP) is 2.05. The highest BCUT2D eigenvalue weighted by Gasteiger charge is 2.02. The van der Waals surface area contributed by atoms with Crippen LogP contribution in [0.1, 0.15) is 5.69 Å². The monoisotopic (exact) mass is 258 g/mol. The van der Waals surface area contributed by atoms with E-state index in [2.05, 4.69) is 15.5 Å². The quantitative estimate of drug-likeness (QED) is 0.889. The van der Waals surface area contributed by atoms with Crippen molar-refractivity contribution in [3.63, 3.8) is 0 Å². The van der Waals surface area contributed by atoms with E-state index in [1.54, 1.807) is 0 Å². The Morgan fingerprint density at radius 1 is 1.16 bits per heavy atom. The molecule has 5 heteroatoms. The molecule has 0 saturated carbocycles. The second kappa shape index (κ2) is 6.15. The van der Waals surface area contributed by atoms with Crippen LogP contribution in [0.2, 0.25) is 0 Å². The summed E-state index contributed by atoms with van der Waals surface area (Å²) in [6, 6.07) is 11.6. The van der Waals surface area contributed by atoms with E-state index in [9.17, 15) is 0 Å². The van der Waals surface area contributed by atoms with Gasteiger partial charge in [-0.1, -0.05) is 6.07 Å². The van der Waals surface area contributed by atoms with Gasteiger partial charge in [0.1, 0.15) is 5.75 Å². The van der Waals surface area contributed by atoms with Gasteiger partial charge in [-0.25, -0.2) is 0 Å². The number of anilines is 1. The minimum Gasteiger partial charge on any atom is -0.437 e. The molecule has 0 aliphatic rings. The maximum atomic E-state index is 5.68. The zero-order valence-electron chi connectivity index (χ0n) is 11.4. The van der Waals surface area contributed by atoms with E-state index in [-0.39, 0.29) is 0 Å². The highest BCUT2D eigenvalue weighted by Crippen LogP contribution is 2.23. The van der Waals surface area contributed by atoms with Gasteiger partial charge in [0.25, 0.3) is 0 Å². The Labute approximate surface area is 113 Å². The van der Waals surface area contributed by atoms with Gasteiger partial charge in [-0.2, -0.15) is 5.10 Å². The highest BCUT2D eigenvalue weighted by atomic mass is 16.5. The van der Waals surface area contributed by atoms with E-state index in [0.29, 0.717) is 12.4 Å². The van der Waals surface area contributed by atoms with Crippen LogP contribution in [-0.4, -0.2) is 31.3 Å². The predicted molar refractivity (Wildman–Crippen MR) is 75.6 cm³/mol.